The third-order valence-corrected chi connectivity index (χ3v) is 3.04. The largest absolute Gasteiger partial charge is 0.462 e. The zero-order valence-electron chi connectivity index (χ0n) is 11.3. The third kappa shape index (κ3) is 3.41. The molecule has 1 aromatic carbocycles. The van der Waals surface area contributed by atoms with Crippen molar-refractivity contribution in [1.29, 1.82) is 0 Å². The maximum Gasteiger partial charge on any atom is 0.342 e. The van der Waals surface area contributed by atoms with E-state index in [0.717, 1.165) is 18.9 Å². The molecule has 1 fully saturated rings. The smallest absolute Gasteiger partial charge is 0.342 e. The first-order valence-corrected chi connectivity index (χ1v) is 6.66. The molecular formula is C16H16O4. The maximum absolute atomic E-state index is 12.3. The molecule has 104 valence electrons. The lowest BCUT2D eigenvalue weighted by atomic mass is 10.0. The molecule has 2 rings (SSSR count). The van der Waals surface area contributed by atoms with Crippen LogP contribution in [-0.2, 0) is 14.3 Å². The van der Waals surface area contributed by atoms with E-state index in [0.29, 0.717) is 5.56 Å². The summed E-state index contributed by atoms with van der Waals surface area (Å²) in [4.78, 5) is 36.0. The molecule has 4 heteroatoms. The Morgan fingerprint density at radius 3 is 2.40 bits per heavy atom. The number of carbonyl (C=O) groups is 3. The van der Waals surface area contributed by atoms with Gasteiger partial charge in [0.15, 0.2) is 11.6 Å². The quantitative estimate of drug-likeness (QED) is 0.262. The lowest BCUT2D eigenvalue weighted by Gasteiger charge is -2.06. The van der Waals surface area contributed by atoms with Crippen molar-refractivity contribution < 1.29 is 19.1 Å². The average molecular weight is 272 g/mol. The molecule has 0 spiro atoms. The van der Waals surface area contributed by atoms with Crippen molar-refractivity contribution in [3.8, 4) is 0 Å². The molecule has 1 aromatic rings. The van der Waals surface area contributed by atoms with Crippen molar-refractivity contribution in [1.82, 2.24) is 0 Å². The third-order valence-electron chi connectivity index (χ3n) is 3.04. The molecular weight excluding hydrogens is 256 g/mol. The molecule has 20 heavy (non-hydrogen) atoms. The van der Waals surface area contributed by atoms with Gasteiger partial charge < -0.3 is 4.74 Å². The number of carbonyl (C=O) groups excluding carboxylic acids is 3. The Hall–Kier alpha value is -2.23. The number of hydrogen-bond acceptors (Lipinski definition) is 4. The van der Waals surface area contributed by atoms with Crippen molar-refractivity contribution in [3.63, 3.8) is 0 Å². The van der Waals surface area contributed by atoms with E-state index < -0.39 is 11.8 Å². The van der Waals surface area contributed by atoms with Crippen molar-refractivity contribution in [2.24, 2.45) is 5.92 Å². The standard InChI is InChI=1S/C16H16O4/c1-2-20-16(19)13(10-14(17)11-8-9-11)15(18)12-6-4-3-5-7-12/h3-7,10-11H,2,8-9H2,1H3/b13-10+. The molecule has 4 nitrogen and oxygen atoms in total. The van der Waals surface area contributed by atoms with Crippen LogP contribution in [0.3, 0.4) is 0 Å². The minimum Gasteiger partial charge on any atom is -0.462 e. The number of esters is 1. The van der Waals surface area contributed by atoms with Crippen LogP contribution in [0.5, 0.6) is 0 Å². The first kappa shape index (κ1) is 14.2. The number of benzene rings is 1. The summed E-state index contributed by atoms with van der Waals surface area (Å²) >= 11 is 0. The van der Waals surface area contributed by atoms with Gasteiger partial charge in [-0.2, -0.15) is 0 Å². The number of rotatable bonds is 6. The summed E-state index contributed by atoms with van der Waals surface area (Å²) in [6.45, 7) is 1.82. The first-order chi connectivity index (χ1) is 9.63. The van der Waals surface area contributed by atoms with Crippen LogP contribution < -0.4 is 0 Å². The Morgan fingerprint density at radius 2 is 1.85 bits per heavy atom. The van der Waals surface area contributed by atoms with E-state index in [4.69, 9.17) is 4.74 Å². The average Bonchev–Trinajstić information content (AvgIpc) is 3.29. The van der Waals surface area contributed by atoms with E-state index in [2.05, 4.69) is 0 Å². The molecule has 0 radical (unpaired) electrons. The molecule has 0 aromatic heterocycles. The highest BCUT2D eigenvalue weighted by Crippen LogP contribution is 2.30. The van der Waals surface area contributed by atoms with Gasteiger partial charge in [0, 0.05) is 11.5 Å². The van der Waals surface area contributed by atoms with Crippen LogP contribution in [0, 0.1) is 5.92 Å². The highest BCUT2D eigenvalue weighted by molar-refractivity contribution is 6.26. The molecule has 1 aliphatic rings. The van der Waals surface area contributed by atoms with Crippen molar-refractivity contribution >= 4 is 17.5 Å². The normalized spacial score (nSPS) is 14.8. The van der Waals surface area contributed by atoms with E-state index in [-0.39, 0.29) is 23.9 Å². The monoisotopic (exact) mass is 272 g/mol. The Labute approximate surface area is 117 Å². The number of hydrogen-bond donors (Lipinski definition) is 0. The molecule has 1 saturated carbocycles. The van der Waals surface area contributed by atoms with Crippen LogP contribution in [0.25, 0.3) is 0 Å². The van der Waals surface area contributed by atoms with Crippen LogP contribution in [-0.4, -0.2) is 24.1 Å². The van der Waals surface area contributed by atoms with Crippen LogP contribution >= 0.6 is 0 Å². The second-order valence-electron chi connectivity index (χ2n) is 4.65. The topological polar surface area (TPSA) is 60.4 Å². The molecule has 1 aliphatic carbocycles. The lowest BCUT2D eigenvalue weighted by molar-refractivity contribution is -0.138. The number of allylic oxidation sites excluding steroid dienone is 1. The first-order valence-electron chi connectivity index (χ1n) is 6.66. The number of ketones is 2. The second-order valence-corrected chi connectivity index (χ2v) is 4.65. The maximum atomic E-state index is 12.3. The second kappa shape index (κ2) is 6.28. The molecule has 0 saturated heterocycles. The fourth-order valence-electron chi connectivity index (χ4n) is 1.80. The minimum absolute atomic E-state index is 0.0389. The summed E-state index contributed by atoms with van der Waals surface area (Å²) < 4.78 is 4.87. The van der Waals surface area contributed by atoms with Crippen LogP contribution in [0.4, 0.5) is 0 Å². The Balaban J connectivity index is 2.28. The summed E-state index contributed by atoms with van der Waals surface area (Å²) in [5.41, 5.74) is 0.186. The predicted octanol–water partition coefficient (Wildman–Crippen LogP) is 2.34. The van der Waals surface area contributed by atoms with E-state index in [9.17, 15) is 14.4 Å². The number of Topliss-reactive ketones (excluding diaryl/α,β-unsaturated/α-hetero) is 1. The van der Waals surface area contributed by atoms with Gasteiger partial charge in [0.2, 0.25) is 0 Å². The summed E-state index contributed by atoms with van der Waals surface area (Å²) in [6.07, 6.45) is 2.79. The van der Waals surface area contributed by atoms with Gasteiger partial charge in [-0.15, -0.1) is 0 Å². The van der Waals surface area contributed by atoms with E-state index >= 15 is 0 Å². The predicted molar refractivity (Wildman–Crippen MR) is 73.2 cm³/mol. The summed E-state index contributed by atoms with van der Waals surface area (Å²) in [5, 5.41) is 0. The Morgan fingerprint density at radius 1 is 1.20 bits per heavy atom. The summed E-state index contributed by atoms with van der Waals surface area (Å²) in [7, 11) is 0. The number of ether oxygens (including phenoxy) is 1. The Bertz CT molecular complexity index is 553. The van der Waals surface area contributed by atoms with Crippen LogP contribution in [0.1, 0.15) is 30.1 Å². The van der Waals surface area contributed by atoms with Crippen molar-refractivity contribution in [2.75, 3.05) is 6.61 Å². The highest BCUT2D eigenvalue weighted by Gasteiger charge is 2.30. The van der Waals surface area contributed by atoms with Gasteiger partial charge >= 0.3 is 5.97 Å². The zero-order chi connectivity index (χ0) is 14.5. The fraction of sp³-hybridized carbons (Fsp3) is 0.312. The molecule has 0 atom stereocenters. The van der Waals surface area contributed by atoms with Gasteiger partial charge in [-0.3, -0.25) is 9.59 Å². The molecule has 0 bridgehead atoms. The van der Waals surface area contributed by atoms with Gasteiger partial charge in [0.25, 0.3) is 0 Å². The van der Waals surface area contributed by atoms with Gasteiger partial charge in [-0.1, -0.05) is 30.3 Å². The van der Waals surface area contributed by atoms with E-state index in [1.165, 1.54) is 0 Å². The van der Waals surface area contributed by atoms with Crippen molar-refractivity contribution in [2.45, 2.75) is 19.8 Å². The molecule has 0 N–H and O–H groups in total. The van der Waals surface area contributed by atoms with E-state index in [1.807, 2.05) is 0 Å². The summed E-state index contributed by atoms with van der Waals surface area (Å²) in [5.74, 6) is -1.42. The molecule has 0 amide bonds. The lowest BCUT2D eigenvalue weighted by Crippen LogP contribution is -2.18. The van der Waals surface area contributed by atoms with Crippen LogP contribution in [0.2, 0.25) is 0 Å². The van der Waals surface area contributed by atoms with Gasteiger partial charge in [-0.25, -0.2) is 4.79 Å². The Kier molecular flexibility index (Phi) is 4.45. The molecule has 0 heterocycles. The molecule has 0 unspecified atom stereocenters. The van der Waals surface area contributed by atoms with Crippen molar-refractivity contribution in [3.05, 3.63) is 47.5 Å². The van der Waals surface area contributed by atoms with Gasteiger partial charge in [-0.05, 0) is 25.8 Å². The van der Waals surface area contributed by atoms with Crippen LogP contribution in [0.15, 0.2) is 42.0 Å². The SMILES string of the molecule is CCOC(=O)/C(=C/C(=O)C1CC1)C(=O)c1ccccc1. The molecule has 0 aliphatic heterocycles. The van der Waals surface area contributed by atoms with Gasteiger partial charge in [0.05, 0.1) is 6.61 Å². The van der Waals surface area contributed by atoms with Gasteiger partial charge in [0.1, 0.15) is 5.57 Å². The fourth-order valence-corrected chi connectivity index (χ4v) is 1.80. The van der Waals surface area contributed by atoms with E-state index in [1.54, 1.807) is 37.3 Å². The minimum atomic E-state index is -0.740. The summed E-state index contributed by atoms with van der Waals surface area (Å²) in [6, 6.07) is 8.41. The highest BCUT2D eigenvalue weighted by atomic mass is 16.5. The zero-order valence-corrected chi connectivity index (χ0v) is 11.3.